The van der Waals surface area contributed by atoms with Gasteiger partial charge in [0.2, 0.25) is 5.91 Å². The molecule has 0 aromatic heterocycles. The molecule has 0 aliphatic rings. The third kappa shape index (κ3) is 34.7. The average Bonchev–Trinajstić information content (AvgIpc) is 3.04. The van der Waals surface area contributed by atoms with Gasteiger partial charge in [0.25, 0.3) is 0 Å². The molecule has 0 heterocycles. The molecule has 0 bridgehead atoms. The fraction of sp³-hybridized carbons (Fsp3) is 0.775. The second-order valence-electron chi connectivity index (χ2n) is 14.3. The molecule has 3 unspecified atom stereocenters. The molecule has 0 saturated heterocycles. The predicted octanol–water partition coefficient (Wildman–Crippen LogP) is 10.1. The summed E-state index contributed by atoms with van der Waals surface area (Å²) in [6, 6.07) is -0.766. The number of hydrogen-bond acceptors (Lipinski definition) is 5. The van der Waals surface area contributed by atoms with Crippen LogP contribution in [-0.4, -0.2) is 73.4 Å². The van der Waals surface area contributed by atoms with Gasteiger partial charge in [0.15, 0.2) is 0 Å². The van der Waals surface area contributed by atoms with E-state index >= 15 is 0 Å². The van der Waals surface area contributed by atoms with Crippen molar-refractivity contribution in [2.24, 2.45) is 0 Å². The zero-order valence-corrected chi connectivity index (χ0v) is 33.1. The van der Waals surface area contributed by atoms with E-state index in [1.807, 2.05) is 21.1 Å². The minimum atomic E-state index is -4.31. The maximum absolute atomic E-state index is 12.8. The Bertz CT molecular complexity index is 944. The Morgan fingerprint density at radius 1 is 0.714 bits per heavy atom. The molecule has 0 radical (unpaired) electrons. The SMILES string of the molecule is CC/C=C\C/C=C\C/C=C\C/C=C\CCCCCCCCC(=O)NC(COP(=O)(O)OCC[N+](C)(C)C)C(O)CCCCCCCCCC. The summed E-state index contributed by atoms with van der Waals surface area (Å²) in [7, 11) is 1.59. The number of carbonyl (C=O) groups is 1. The van der Waals surface area contributed by atoms with Crippen molar-refractivity contribution < 1.29 is 32.9 Å². The van der Waals surface area contributed by atoms with Crippen LogP contribution in [0.15, 0.2) is 48.6 Å². The number of aliphatic hydroxyl groups is 1. The number of aliphatic hydroxyl groups excluding tert-OH is 1. The molecular weight excluding hydrogens is 635 g/mol. The van der Waals surface area contributed by atoms with E-state index in [1.54, 1.807) is 0 Å². The monoisotopic (exact) mass is 712 g/mol. The number of amides is 1. The third-order valence-electron chi connectivity index (χ3n) is 8.34. The highest BCUT2D eigenvalue weighted by molar-refractivity contribution is 7.47. The predicted molar refractivity (Wildman–Crippen MR) is 207 cm³/mol. The van der Waals surface area contributed by atoms with Gasteiger partial charge in [-0.3, -0.25) is 13.8 Å². The van der Waals surface area contributed by atoms with Crippen LogP contribution >= 0.6 is 7.82 Å². The maximum atomic E-state index is 12.8. The van der Waals surface area contributed by atoms with E-state index in [9.17, 15) is 19.4 Å². The van der Waals surface area contributed by atoms with Gasteiger partial charge in [-0.1, -0.05) is 140 Å². The van der Waals surface area contributed by atoms with Gasteiger partial charge < -0.3 is 19.8 Å². The van der Waals surface area contributed by atoms with Crippen molar-refractivity contribution in [3.8, 4) is 0 Å². The van der Waals surface area contributed by atoms with Gasteiger partial charge >= 0.3 is 7.82 Å². The highest BCUT2D eigenvalue weighted by atomic mass is 31.2. The van der Waals surface area contributed by atoms with Crippen molar-refractivity contribution in [3.63, 3.8) is 0 Å². The van der Waals surface area contributed by atoms with E-state index in [0.717, 1.165) is 77.0 Å². The molecule has 9 heteroatoms. The highest BCUT2D eigenvalue weighted by Gasteiger charge is 2.28. The summed E-state index contributed by atoms with van der Waals surface area (Å²) < 4.78 is 23.5. The first kappa shape index (κ1) is 47.5. The van der Waals surface area contributed by atoms with Gasteiger partial charge in [0, 0.05) is 6.42 Å². The van der Waals surface area contributed by atoms with Crippen LogP contribution in [0.5, 0.6) is 0 Å². The molecule has 0 aliphatic carbocycles. The number of phosphoric acid groups is 1. The summed E-state index contributed by atoms with van der Waals surface area (Å²) >= 11 is 0. The molecule has 3 atom stereocenters. The van der Waals surface area contributed by atoms with E-state index in [4.69, 9.17) is 9.05 Å². The Labute approximate surface area is 301 Å². The van der Waals surface area contributed by atoms with Gasteiger partial charge in [-0.25, -0.2) is 4.57 Å². The van der Waals surface area contributed by atoms with Crippen LogP contribution in [0.2, 0.25) is 0 Å². The van der Waals surface area contributed by atoms with Crippen molar-refractivity contribution >= 4 is 13.7 Å². The molecule has 0 saturated carbocycles. The average molecular weight is 712 g/mol. The summed E-state index contributed by atoms with van der Waals surface area (Å²) in [4.78, 5) is 23.0. The molecule has 0 rings (SSSR count). The van der Waals surface area contributed by atoms with Crippen molar-refractivity contribution in [1.82, 2.24) is 5.32 Å². The molecule has 0 fully saturated rings. The van der Waals surface area contributed by atoms with Crippen LogP contribution in [0.3, 0.4) is 0 Å². The minimum Gasteiger partial charge on any atom is -0.391 e. The van der Waals surface area contributed by atoms with Gasteiger partial charge in [-0.05, 0) is 51.4 Å². The van der Waals surface area contributed by atoms with Gasteiger partial charge in [-0.15, -0.1) is 0 Å². The lowest BCUT2D eigenvalue weighted by molar-refractivity contribution is -0.870. The lowest BCUT2D eigenvalue weighted by Gasteiger charge is -2.26. The normalized spacial score (nSPS) is 15.2. The summed E-state index contributed by atoms with van der Waals surface area (Å²) in [6.07, 6.45) is 38.5. The number of quaternary nitrogens is 1. The number of likely N-dealkylation sites (N-methyl/N-ethyl adjacent to an activating group) is 1. The first-order chi connectivity index (χ1) is 23.5. The van der Waals surface area contributed by atoms with Crippen molar-refractivity contribution in [2.75, 3.05) is 40.9 Å². The summed E-state index contributed by atoms with van der Waals surface area (Å²) in [6.45, 7) is 4.70. The fourth-order valence-electron chi connectivity index (χ4n) is 5.21. The van der Waals surface area contributed by atoms with Crippen LogP contribution in [0.1, 0.15) is 149 Å². The van der Waals surface area contributed by atoms with Gasteiger partial charge in [0.05, 0.1) is 39.9 Å². The first-order valence-electron chi connectivity index (χ1n) is 19.5. The molecule has 286 valence electrons. The Morgan fingerprint density at radius 2 is 1.22 bits per heavy atom. The van der Waals surface area contributed by atoms with Crippen LogP contribution in [0.4, 0.5) is 0 Å². The zero-order valence-electron chi connectivity index (χ0n) is 32.2. The van der Waals surface area contributed by atoms with Crippen LogP contribution < -0.4 is 5.32 Å². The standard InChI is InChI=1S/C40H75N2O6P/c1-6-8-10-12-14-16-17-18-19-20-21-22-23-24-25-26-28-30-32-34-40(44)41-38(37-48-49(45,46)47-36-35-42(3,4)5)39(43)33-31-29-27-15-13-11-9-7-2/h8,10,14,16,18-19,21-22,38-39,43H,6-7,9,11-13,15,17,20,23-37H2,1-5H3,(H-,41,44,45,46)/p+1/b10-8-,16-14-,19-18-,22-21-. The van der Waals surface area contributed by atoms with Crippen LogP contribution in [0, 0.1) is 0 Å². The Morgan fingerprint density at radius 3 is 1.80 bits per heavy atom. The Hall–Kier alpha value is -1.54. The topological polar surface area (TPSA) is 105 Å². The molecule has 1 amide bonds. The molecule has 3 N–H and O–H groups in total. The molecular formula is C40H76N2O6P+. The summed E-state index contributed by atoms with van der Waals surface area (Å²) in [5.41, 5.74) is 0. The molecule has 49 heavy (non-hydrogen) atoms. The number of rotatable bonds is 34. The molecule has 8 nitrogen and oxygen atoms in total. The second kappa shape index (κ2) is 32.4. The lowest BCUT2D eigenvalue weighted by Crippen LogP contribution is -2.46. The summed E-state index contributed by atoms with van der Waals surface area (Å²) in [5.74, 6) is -0.165. The smallest absolute Gasteiger partial charge is 0.391 e. The zero-order chi connectivity index (χ0) is 36.5. The highest BCUT2D eigenvalue weighted by Crippen LogP contribution is 2.43. The number of nitrogens with one attached hydrogen (secondary N) is 1. The fourth-order valence-corrected chi connectivity index (χ4v) is 5.95. The maximum Gasteiger partial charge on any atom is 0.472 e. The van der Waals surface area contributed by atoms with Crippen molar-refractivity contribution in [1.29, 1.82) is 0 Å². The van der Waals surface area contributed by atoms with E-state index in [0.29, 0.717) is 23.9 Å². The van der Waals surface area contributed by atoms with Crippen molar-refractivity contribution in [2.45, 2.75) is 161 Å². The van der Waals surface area contributed by atoms with E-state index < -0.39 is 20.0 Å². The van der Waals surface area contributed by atoms with Gasteiger partial charge in [0.1, 0.15) is 13.2 Å². The van der Waals surface area contributed by atoms with E-state index in [2.05, 4.69) is 67.8 Å². The van der Waals surface area contributed by atoms with Gasteiger partial charge in [-0.2, -0.15) is 0 Å². The number of hydrogen-bond donors (Lipinski definition) is 3. The summed E-state index contributed by atoms with van der Waals surface area (Å²) in [5, 5.41) is 13.8. The van der Waals surface area contributed by atoms with Crippen molar-refractivity contribution in [3.05, 3.63) is 48.6 Å². The second-order valence-corrected chi connectivity index (χ2v) is 15.7. The van der Waals surface area contributed by atoms with E-state index in [-0.39, 0.29) is 19.1 Å². The molecule has 0 aliphatic heterocycles. The van der Waals surface area contributed by atoms with E-state index in [1.165, 1.54) is 44.9 Å². The number of phosphoric ester groups is 1. The number of nitrogens with zero attached hydrogens (tertiary/aromatic N) is 1. The number of carbonyl (C=O) groups excluding carboxylic acids is 1. The number of allylic oxidation sites excluding steroid dienone is 8. The molecule has 0 aromatic rings. The Kier molecular flexibility index (Phi) is 31.4. The lowest BCUT2D eigenvalue weighted by atomic mass is 10.0. The largest absolute Gasteiger partial charge is 0.472 e. The quantitative estimate of drug-likeness (QED) is 0.0266. The third-order valence-corrected chi connectivity index (χ3v) is 9.33. The minimum absolute atomic E-state index is 0.0690. The van der Waals surface area contributed by atoms with Crippen LogP contribution in [-0.2, 0) is 18.4 Å². The molecule has 0 aromatic carbocycles. The Balaban J connectivity index is 4.37. The molecule has 0 spiro atoms. The first-order valence-corrected chi connectivity index (χ1v) is 21.0. The van der Waals surface area contributed by atoms with Crippen LogP contribution in [0.25, 0.3) is 0 Å². The number of unbranched alkanes of at least 4 members (excludes halogenated alkanes) is 13.